The van der Waals surface area contributed by atoms with E-state index in [9.17, 15) is 4.79 Å². The maximum atomic E-state index is 12.5. The topological polar surface area (TPSA) is 93.6 Å². The SMILES string of the molecule is CCCc1nnc(NC(=O)[C@@H](CC)Sc2ncc(-c3ccccc3)nn2)s1. The molecule has 1 atom stereocenters. The van der Waals surface area contributed by atoms with Crippen LogP contribution < -0.4 is 5.32 Å². The number of hydrogen-bond acceptors (Lipinski definition) is 8. The van der Waals surface area contributed by atoms with E-state index in [0.717, 1.165) is 23.4 Å². The van der Waals surface area contributed by atoms with Crippen molar-refractivity contribution >= 4 is 34.1 Å². The normalized spacial score (nSPS) is 11.9. The van der Waals surface area contributed by atoms with Gasteiger partial charge in [-0.3, -0.25) is 10.1 Å². The fourth-order valence-corrected chi connectivity index (χ4v) is 3.95. The van der Waals surface area contributed by atoms with Gasteiger partial charge in [0.1, 0.15) is 10.7 Å². The van der Waals surface area contributed by atoms with Crippen LogP contribution in [0.4, 0.5) is 5.13 Å². The number of thioether (sulfide) groups is 1. The minimum Gasteiger partial charge on any atom is -0.300 e. The summed E-state index contributed by atoms with van der Waals surface area (Å²) >= 11 is 2.71. The molecule has 2 aromatic heterocycles. The van der Waals surface area contributed by atoms with E-state index in [1.807, 2.05) is 37.3 Å². The minimum atomic E-state index is -0.326. The Bertz CT molecular complexity index is 869. The average molecular weight is 401 g/mol. The number of carbonyl (C=O) groups is 1. The fourth-order valence-electron chi connectivity index (χ4n) is 2.31. The summed E-state index contributed by atoms with van der Waals surface area (Å²) in [5.74, 6) is -0.127. The monoisotopic (exact) mass is 400 g/mol. The van der Waals surface area contributed by atoms with E-state index in [2.05, 4.69) is 37.6 Å². The summed E-state index contributed by atoms with van der Waals surface area (Å²) in [6, 6.07) is 9.74. The van der Waals surface area contributed by atoms with Crippen molar-refractivity contribution in [3.63, 3.8) is 0 Å². The van der Waals surface area contributed by atoms with Gasteiger partial charge in [0.05, 0.1) is 11.4 Å². The maximum absolute atomic E-state index is 12.5. The summed E-state index contributed by atoms with van der Waals surface area (Å²) in [6.45, 7) is 4.03. The van der Waals surface area contributed by atoms with Gasteiger partial charge in [0.15, 0.2) is 0 Å². The second-order valence-corrected chi connectivity index (χ2v) is 7.98. The molecule has 0 unspecified atom stereocenters. The molecule has 0 radical (unpaired) electrons. The van der Waals surface area contributed by atoms with Gasteiger partial charge in [-0.15, -0.1) is 20.4 Å². The zero-order valence-electron chi connectivity index (χ0n) is 15.1. The molecule has 1 aromatic carbocycles. The van der Waals surface area contributed by atoms with Crippen molar-refractivity contribution in [1.29, 1.82) is 0 Å². The fraction of sp³-hybridized carbons (Fsp3) is 0.333. The van der Waals surface area contributed by atoms with E-state index < -0.39 is 0 Å². The smallest absolute Gasteiger partial charge is 0.239 e. The first-order valence-electron chi connectivity index (χ1n) is 8.74. The first kappa shape index (κ1) is 19.4. The lowest BCUT2D eigenvalue weighted by Gasteiger charge is -2.11. The van der Waals surface area contributed by atoms with E-state index in [1.54, 1.807) is 6.20 Å². The van der Waals surface area contributed by atoms with Gasteiger partial charge in [-0.2, -0.15) is 0 Å². The average Bonchev–Trinajstić information content (AvgIpc) is 3.14. The molecule has 0 aliphatic carbocycles. The molecule has 0 aliphatic heterocycles. The second kappa shape index (κ2) is 9.52. The lowest BCUT2D eigenvalue weighted by Crippen LogP contribution is -2.24. The second-order valence-electron chi connectivity index (χ2n) is 5.75. The number of nitrogens with zero attached hydrogens (tertiary/aromatic N) is 5. The van der Waals surface area contributed by atoms with Crippen LogP contribution in [0, 0.1) is 0 Å². The first-order chi connectivity index (χ1) is 13.2. The quantitative estimate of drug-likeness (QED) is 0.574. The lowest BCUT2D eigenvalue weighted by molar-refractivity contribution is -0.115. The number of aromatic nitrogens is 5. The predicted molar refractivity (Wildman–Crippen MR) is 108 cm³/mol. The van der Waals surface area contributed by atoms with E-state index in [1.165, 1.54) is 23.1 Å². The van der Waals surface area contributed by atoms with Gasteiger partial charge in [-0.25, -0.2) is 4.98 Å². The number of amides is 1. The molecule has 0 bridgehead atoms. The Kier molecular flexibility index (Phi) is 6.83. The van der Waals surface area contributed by atoms with Crippen molar-refractivity contribution < 1.29 is 4.79 Å². The third-order valence-corrected chi connectivity index (χ3v) is 5.81. The number of carbonyl (C=O) groups excluding carboxylic acids is 1. The molecule has 0 saturated heterocycles. The molecule has 3 rings (SSSR count). The van der Waals surface area contributed by atoms with Crippen LogP contribution in [0.15, 0.2) is 41.7 Å². The Balaban J connectivity index is 1.62. The number of anilines is 1. The third kappa shape index (κ3) is 5.30. The molecule has 0 fully saturated rings. The van der Waals surface area contributed by atoms with E-state index in [4.69, 9.17) is 0 Å². The molecule has 9 heteroatoms. The molecule has 2 heterocycles. The summed E-state index contributed by atoms with van der Waals surface area (Å²) in [5, 5.41) is 20.9. The number of nitrogens with one attached hydrogen (secondary N) is 1. The number of rotatable bonds is 8. The van der Waals surface area contributed by atoms with Crippen molar-refractivity contribution in [2.75, 3.05) is 5.32 Å². The third-order valence-electron chi connectivity index (χ3n) is 3.68. The van der Waals surface area contributed by atoms with Gasteiger partial charge in [0.2, 0.25) is 16.2 Å². The van der Waals surface area contributed by atoms with Crippen LogP contribution in [0.3, 0.4) is 0 Å². The summed E-state index contributed by atoms with van der Waals surface area (Å²) in [4.78, 5) is 16.9. The highest BCUT2D eigenvalue weighted by Crippen LogP contribution is 2.25. The van der Waals surface area contributed by atoms with Crippen molar-refractivity contribution in [2.45, 2.75) is 43.5 Å². The summed E-state index contributed by atoms with van der Waals surface area (Å²) in [6.07, 6.45) is 4.18. The lowest BCUT2D eigenvalue weighted by atomic mass is 10.2. The first-order valence-corrected chi connectivity index (χ1v) is 10.4. The van der Waals surface area contributed by atoms with Crippen LogP contribution >= 0.6 is 23.1 Å². The standard InChI is InChI=1S/C18H20N6OS2/c1-3-8-15-22-24-18(27-15)20-16(25)14(4-2)26-17-19-11-13(21-23-17)12-9-6-5-7-10-12/h5-7,9-11,14H,3-4,8H2,1-2H3,(H,20,24,25)/t14-/m1/s1. The van der Waals surface area contributed by atoms with E-state index in [0.29, 0.717) is 22.4 Å². The van der Waals surface area contributed by atoms with Crippen molar-refractivity contribution in [1.82, 2.24) is 25.4 Å². The molecule has 3 aromatic rings. The maximum Gasteiger partial charge on any atom is 0.239 e. The van der Waals surface area contributed by atoms with E-state index in [-0.39, 0.29) is 11.2 Å². The Labute approximate surface area is 166 Å². The predicted octanol–water partition coefficient (Wildman–Crippen LogP) is 3.85. The molecule has 0 aliphatic rings. The molecule has 7 nitrogen and oxygen atoms in total. The van der Waals surface area contributed by atoms with Gasteiger partial charge in [-0.05, 0) is 12.8 Å². The van der Waals surface area contributed by atoms with Crippen LogP contribution in [0.5, 0.6) is 0 Å². The van der Waals surface area contributed by atoms with Gasteiger partial charge < -0.3 is 0 Å². The molecule has 140 valence electrons. The van der Waals surface area contributed by atoms with Crippen LogP contribution in [0.25, 0.3) is 11.3 Å². The van der Waals surface area contributed by atoms with Crippen LogP contribution in [0.1, 0.15) is 31.7 Å². The summed E-state index contributed by atoms with van der Waals surface area (Å²) < 4.78 is 0. The van der Waals surface area contributed by atoms with Crippen molar-refractivity contribution in [3.8, 4) is 11.3 Å². The molecule has 0 spiro atoms. The van der Waals surface area contributed by atoms with Gasteiger partial charge in [0, 0.05) is 12.0 Å². The summed E-state index contributed by atoms with van der Waals surface area (Å²) in [5.41, 5.74) is 1.66. The zero-order valence-corrected chi connectivity index (χ0v) is 16.8. The highest BCUT2D eigenvalue weighted by molar-refractivity contribution is 8.00. The van der Waals surface area contributed by atoms with Gasteiger partial charge >= 0.3 is 0 Å². The Morgan fingerprint density at radius 2 is 1.96 bits per heavy atom. The molecule has 0 saturated carbocycles. The van der Waals surface area contributed by atoms with Crippen LogP contribution in [-0.4, -0.2) is 36.5 Å². The number of hydrogen-bond donors (Lipinski definition) is 1. The molecular weight excluding hydrogens is 380 g/mol. The Morgan fingerprint density at radius 3 is 2.63 bits per heavy atom. The van der Waals surface area contributed by atoms with Crippen molar-refractivity contribution in [2.24, 2.45) is 0 Å². The van der Waals surface area contributed by atoms with Crippen LogP contribution in [-0.2, 0) is 11.2 Å². The Morgan fingerprint density at radius 1 is 1.15 bits per heavy atom. The largest absolute Gasteiger partial charge is 0.300 e. The van der Waals surface area contributed by atoms with E-state index >= 15 is 0 Å². The molecule has 1 N–H and O–H groups in total. The number of aryl methyl sites for hydroxylation is 1. The molecule has 27 heavy (non-hydrogen) atoms. The van der Waals surface area contributed by atoms with Gasteiger partial charge in [-0.1, -0.05) is 67.3 Å². The molecular formula is C18H20N6OS2. The number of benzene rings is 1. The highest BCUT2D eigenvalue weighted by atomic mass is 32.2. The Hall–Kier alpha value is -2.39. The highest BCUT2D eigenvalue weighted by Gasteiger charge is 2.21. The minimum absolute atomic E-state index is 0.127. The van der Waals surface area contributed by atoms with Crippen molar-refractivity contribution in [3.05, 3.63) is 41.5 Å². The van der Waals surface area contributed by atoms with Crippen LogP contribution in [0.2, 0.25) is 0 Å². The summed E-state index contributed by atoms with van der Waals surface area (Å²) in [7, 11) is 0. The van der Waals surface area contributed by atoms with Gasteiger partial charge in [0.25, 0.3) is 0 Å². The zero-order chi connectivity index (χ0) is 19.1. The molecule has 1 amide bonds.